The van der Waals surface area contributed by atoms with E-state index in [4.69, 9.17) is 5.11 Å². The van der Waals surface area contributed by atoms with Crippen LogP contribution in [-0.4, -0.2) is 60.6 Å². The van der Waals surface area contributed by atoms with Crippen molar-refractivity contribution in [1.29, 1.82) is 0 Å². The number of likely N-dealkylation sites (N-methyl/N-ethyl adjacent to an activating group) is 1. The number of carbonyl (C=O) groups is 1. The van der Waals surface area contributed by atoms with Crippen molar-refractivity contribution in [3.05, 3.63) is 0 Å². The highest BCUT2D eigenvalue weighted by molar-refractivity contribution is 5.69. The zero-order valence-corrected chi connectivity index (χ0v) is 9.78. The van der Waals surface area contributed by atoms with E-state index in [9.17, 15) is 4.79 Å². The molecule has 88 valence electrons. The van der Waals surface area contributed by atoms with E-state index in [-0.39, 0.29) is 6.54 Å². The molecule has 0 unspecified atom stereocenters. The Morgan fingerprint density at radius 1 is 1.60 bits per heavy atom. The standard InChI is InChI=1S/C11H22N2O2/c1-3-13(9-11(14)15)8-10-5-4-6-12(2)7-10/h10H,3-9H2,1-2H3,(H,14,15)/t10-/m1/s1. The maximum Gasteiger partial charge on any atom is 0.317 e. The molecule has 0 aromatic rings. The third-order valence-corrected chi connectivity index (χ3v) is 3.04. The van der Waals surface area contributed by atoms with Crippen LogP contribution in [0.4, 0.5) is 0 Å². The fourth-order valence-electron chi connectivity index (χ4n) is 2.28. The summed E-state index contributed by atoms with van der Waals surface area (Å²) in [5.74, 6) is -0.0796. The van der Waals surface area contributed by atoms with E-state index in [2.05, 4.69) is 11.9 Å². The molecule has 0 bridgehead atoms. The SMILES string of the molecule is CCN(CC(=O)O)C[C@@H]1CCCN(C)C1. The molecule has 0 aromatic carbocycles. The molecule has 15 heavy (non-hydrogen) atoms. The fraction of sp³-hybridized carbons (Fsp3) is 0.909. The van der Waals surface area contributed by atoms with Crippen molar-refractivity contribution < 1.29 is 9.90 Å². The molecule has 4 heteroatoms. The lowest BCUT2D eigenvalue weighted by Gasteiger charge is -2.32. The Labute approximate surface area is 91.9 Å². The van der Waals surface area contributed by atoms with Crippen LogP contribution in [0.2, 0.25) is 0 Å². The lowest BCUT2D eigenvalue weighted by molar-refractivity contribution is -0.138. The molecule has 4 nitrogen and oxygen atoms in total. The van der Waals surface area contributed by atoms with Gasteiger partial charge in [-0.15, -0.1) is 0 Å². The lowest BCUT2D eigenvalue weighted by Crippen LogP contribution is -2.40. The van der Waals surface area contributed by atoms with Gasteiger partial charge in [-0.2, -0.15) is 0 Å². The van der Waals surface area contributed by atoms with Crippen molar-refractivity contribution in [2.45, 2.75) is 19.8 Å². The van der Waals surface area contributed by atoms with Gasteiger partial charge in [0, 0.05) is 13.1 Å². The molecular formula is C11H22N2O2. The van der Waals surface area contributed by atoms with Crippen molar-refractivity contribution in [2.24, 2.45) is 5.92 Å². The molecule has 1 fully saturated rings. The minimum atomic E-state index is -0.721. The van der Waals surface area contributed by atoms with E-state index in [1.54, 1.807) is 0 Å². The van der Waals surface area contributed by atoms with Gasteiger partial charge in [-0.05, 0) is 38.9 Å². The van der Waals surface area contributed by atoms with Gasteiger partial charge in [0.1, 0.15) is 0 Å². The van der Waals surface area contributed by atoms with Gasteiger partial charge in [0.25, 0.3) is 0 Å². The zero-order chi connectivity index (χ0) is 11.3. The first-order valence-corrected chi connectivity index (χ1v) is 5.74. The molecule has 0 spiro atoms. The molecule has 1 aliphatic heterocycles. The van der Waals surface area contributed by atoms with Gasteiger partial charge in [0.05, 0.1) is 6.54 Å². The molecular weight excluding hydrogens is 192 g/mol. The third-order valence-electron chi connectivity index (χ3n) is 3.04. The van der Waals surface area contributed by atoms with Gasteiger partial charge in [-0.1, -0.05) is 6.92 Å². The quantitative estimate of drug-likeness (QED) is 0.733. The summed E-state index contributed by atoms with van der Waals surface area (Å²) in [7, 11) is 2.14. The van der Waals surface area contributed by atoms with E-state index >= 15 is 0 Å². The fourth-order valence-corrected chi connectivity index (χ4v) is 2.28. The summed E-state index contributed by atoms with van der Waals surface area (Å²) in [4.78, 5) is 15.0. The van der Waals surface area contributed by atoms with Crippen molar-refractivity contribution in [3.63, 3.8) is 0 Å². The Morgan fingerprint density at radius 3 is 2.87 bits per heavy atom. The summed E-state index contributed by atoms with van der Waals surface area (Å²) >= 11 is 0. The Hall–Kier alpha value is -0.610. The first kappa shape index (κ1) is 12.5. The van der Waals surface area contributed by atoms with Gasteiger partial charge in [-0.25, -0.2) is 0 Å². The number of rotatable bonds is 5. The predicted octanol–water partition coefficient (Wildman–Crippen LogP) is 0.735. The van der Waals surface area contributed by atoms with E-state index in [1.807, 2.05) is 11.8 Å². The summed E-state index contributed by atoms with van der Waals surface area (Å²) < 4.78 is 0. The second-order valence-corrected chi connectivity index (χ2v) is 4.49. The van der Waals surface area contributed by atoms with Crippen LogP contribution in [0.15, 0.2) is 0 Å². The summed E-state index contributed by atoms with van der Waals surface area (Å²) in [6.45, 7) is 6.24. The van der Waals surface area contributed by atoms with Gasteiger partial charge >= 0.3 is 5.97 Å². The molecule has 0 aliphatic carbocycles. The van der Waals surface area contributed by atoms with Gasteiger partial charge < -0.3 is 10.0 Å². The highest BCUT2D eigenvalue weighted by atomic mass is 16.4. The first-order chi connectivity index (χ1) is 7.11. The molecule has 1 N–H and O–H groups in total. The van der Waals surface area contributed by atoms with Crippen LogP contribution in [0.25, 0.3) is 0 Å². The maximum atomic E-state index is 10.6. The molecule has 1 aliphatic rings. The summed E-state index contributed by atoms with van der Waals surface area (Å²) in [6, 6.07) is 0. The molecule has 1 heterocycles. The smallest absolute Gasteiger partial charge is 0.317 e. The van der Waals surface area contributed by atoms with Gasteiger partial charge in [0.15, 0.2) is 0 Å². The zero-order valence-electron chi connectivity index (χ0n) is 9.78. The largest absolute Gasteiger partial charge is 0.480 e. The monoisotopic (exact) mass is 214 g/mol. The van der Waals surface area contributed by atoms with Crippen LogP contribution in [-0.2, 0) is 4.79 Å². The maximum absolute atomic E-state index is 10.6. The van der Waals surface area contributed by atoms with Crippen LogP contribution in [0.5, 0.6) is 0 Å². The van der Waals surface area contributed by atoms with Crippen molar-refractivity contribution in [2.75, 3.05) is 39.8 Å². The average Bonchev–Trinajstić information content (AvgIpc) is 2.16. The molecule has 0 aromatic heterocycles. The van der Waals surface area contributed by atoms with Crippen LogP contribution < -0.4 is 0 Å². The van der Waals surface area contributed by atoms with Crippen molar-refractivity contribution in [1.82, 2.24) is 9.80 Å². The molecule has 1 saturated heterocycles. The molecule has 0 radical (unpaired) electrons. The van der Waals surface area contributed by atoms with Crippen LogP contribution in [0.1, 0.15) is 19.8 Å². The number of likely N-dealkylation sites (tertiary alicyclic amines) is 1. The number of hydrogen-bond donors (Lipinski definition) is 1. The van der Waals surface area contributed by atoms with E-state index in [1.165, 1.54) is 19.4 Å². The number of carboxylic acid groups (broad SMARTS) is 1. The minimum absolute atomic E-state index is 0.177. The van der Waals surface area contributed by atoms with Crippen LogP contribution in [0.3, 0.4) is 0 Å². The average molecular weight is 214 g/mol. The van der Waals surface area contributed by atoms with Crippen molar-refractivity contribution >= 4 is 5.97 Å². The Bertz CT molecular complexity index is 209. The number of hydrogen-bond acceptors (Lipinski definition) is 3. The third kappa shape index (κ3) is 4.62. The van der Waals surface area contributed by atoms with E-state index in [0.29, 0.717) is 5.92 Å². The van der Waals surface area contributed by atoms with Crippen LogP contribution >= 0.6 is 0 Å². The van der Waals surface area contributed by atoms with Crippen molar-refractivity contribution in [3.8, 4) is 0 Å². The molecule has 0 amide bonds. The normalized spacial score (nSPS) is 23.3. The topological polar surface area (TPSA) is 43.8 Å². The number of nitrogens with zero attached hydrogens (tertiary/aromatic N) is 2. The summed E-state index contributed by atoms with van der Waals surface area (Å²) in [5.41, 5.74) is 0. The predicted molar refractivity (Wildman–Crippen MR) is 60.0 cm³/mol. The summed E-state index contributed by atoms with van der Waals surface area (Å²) in [5, 5.41) is 8.74. The number of aliphatic carboxylic acids is 1. The highest BCUT2D eigenvalue weighted by Crippen LogP contribution is 2.16. The van der Waals surface area contributed by atoms with Gasteiger partial charge in [-0.3, -0.25) is 9.69 Å². The van der Waals surface area contributed by atoms with E-state index in [0.717, 1.165) is 19.6 Å². The van der Waals surface area contributed by atoms with Crippen LogP contribution in [0, 0.1) is 5.92 Å². The second kappa shape index (κ2) is 6.08. The molecule has 1 atom stereocenters. The minimum Gasteiger partial charge on any atom is -0.480 e. The Balaban J connectivity index is 2.33. The Kier molecular flexibility index (Phi) is 5.05. The Morgan fingerprint density at radius 2 is 2.33 bits per heavy atom. The van der Waals surface area contributed by atoms with Gasteiger partial charge in [0.2, 0.25) is 0 Å². The second-order valence-electron chi connectivity index (χ2n) is 4.49. The van der Waals surface area contributed by atoms with E-state index < -0.39 is 5.97 Å². The first-order valence-electron chi connectivity index (χ1n) is 5.74. The highest BCUT2D eigenvalue weighted by Gasteiger charge is 2.20. The number of piperidine rings is 1. The molecule has 0 saturated carbocycles. The number of carboxylic acids is 1. The molecule has 1 rings (SSSR count). The summed E-state index contributed by atoms with van der Waals surface area (Å²) in [6.07, 6.45) is 2.48. The lowest BCUT2D eigenvalue weighted by atomic mass is 9.98.